The second kappa shape index (κ2) is 4.53. The Kier molecular flexibility index (Phi) is 2.85. The molecule has 2 N–H and O–H groups in total. The molecule has 0 unspecified atom stereocenters. The number of para-hydroxylation sites is 1. The van der Waals surface area contributed by atoms with Crippen molar-refractivity contribution < 1.29 is 4.79 Å². The first-order chi connectivity index (χ1) is 9.20. The molecule has 19 heavy (non-hydrogen) atoms. The highest BCUT2D eigenvalue weighted by Gasteiger charge is 2.32. The van der Waals surface area contributed by atoms with E-state index < -0.39 is 0 Å². The summed E-state index contributed by atoms with van der Waals surface area (Å²) in [5.41, 5.74) is 7.85. The molecule has 0 aliphatic heterocycles. The highest BCUT2D eigenvalue weighted by molar-refractivity contribution is 5.99. The number of carbonyl (C=O) groups excluding carboxylic acids is 1. The minimum Gasteiger partial charge on any atom is -0.398 e. The van der Waals surface area contributed by atoms with Gasteiger partial charge in [-0.05, 0) is 31.9 Å². The minimum atomic E-state index is -0.0116. The van der Waals surface area contributed by atoms with Gasteiger partial charge in [-0.15, -0.1) is 0 Å². The molecule has 1 saturated carbocycles. The van der Waals surface area contributed by atoms with Crippen LogP contribution in [-0.2, 0) is 0 Å². The predicted molar refractivity (Wildman–Crippen MR) is 75.9 cm³/mol. The normalized spacial score (nSPS) is 14.6. The van der Waals surface area contributed by atoms with Gasteiger partial charge in [0.15, 0.2) is 0 Å². The maximum Gasteiger partial charge on any atom is 0.272 e. The quantitative estimate of drug-likeness (QED) is 0.916. The number of hydrogen-bond donors (Lipinski definition) is 1. The second-order valence-corrected chi connectivity index (χ2v) is 4.94. The molecule has 98 valence electrons. The van der Waals surface area contributed by atoms with Crippen molar-refractivity contribution in [1.29, 1.82) is 0 Å². The molecule has 1 heterocycles. The van der Waals surface area contributed by atoms with Gasteiger partial charge in [0.2, 0.25) is 0 Å². The zero-order valence-electron chi connectivity index (χ0n) is 11.0. The lowest BCUT2D eigenvalue weighted by Crippen LogP contribution is -2.33. The fourth-order valence-corrected chi connectivity index (χ4v) is 2.41. The van der Waals surface area contributed by atoms with Gasteiger partial charge in [-0.2, -0.15) is 0 Å². The van der Waals surface area contributed by atoms with E-state index in [0.29, 0.717) is 17.4 Å². The lowest BCUT2D eigenvalue weighted by molar-refractivity contribution is 0.0747. The van der Waals surface area contributed by atoms with Crippen LogP contribution in [0.5, 0.6) is 0 Å². The summed E-state index contributed by atoms with van der Waals surface area (Å²) in [6.07, 6.45) is 2.20. The minimum absolute atomic E-state index is 0.0116. The van der Waals surface area contributed by atoms with Gasteiger partial charge in [-0.25, -0.2) is 4.98 Å². The molecule has 4 nitrogen and oxygen atoms in total. The summed E-state index contributed by atoms with van der Waals surface area (Å²) in [6.45, 7) is 2.72. The Morgan fingerprint density at radius 1 is 1.42 bits per heavy atom. The van der Waals surface area contributed by atoms with E-state index >= 15 is 0 Å². The first-order valence-corrected chi connectivity index (χ1v) is 6.67. The fraction of sp³-hybridized carbons (Fsp3) is 0.333. The molecule has 0 bridgehead atoms. The molecule has 4 heteroatoms. The van der Waals surface area contributed by atoms with Crippen molar-refractivity contribution in [2.45, 2.75) is 25.8 Å². The Morgan fingerprint density at radius 2 is 2.16 bits per heavy atom. The molecule has 0 spiro atoms. The van der Waals surface area contributed by atoms with Crippen LogP contribution in [0.15, 0.2) is 30.3 Å². The SMILES string of the molecule is CCN(C(=O)c1cc(N)c2ccccc2n1)C1CC1. The molecule has 2 aromatic rings. The van der Waals surface area contributed by atoms with Gasteiger partial charge in [0.05, 0.1) is 5.52 Å². The van der Waals surface area contributed by atoms with Crippen LogP contribution in [0.1, 0.15) is 30.3 Å². The maximum absolute atomic E-state index is 12.5. The van der Waals surface area contributed by atoms with Gasteiger partial charge < -0.3 is 10.6 Å². The monoisotopic (exact) mass is 255 g/mol. The molecule has 1 aromatic heterocycles. The fourth-order valence-electron chi connectivity index (χ4n) is 2.41. The zero-order chi connectivity index (χ0) is 13.4. The highest BCUT2D eigenvalue weighted by Crippen LogP contribution is 2.28. The number of nitrogen functional groups attached to an aromatic ring is 1. The van der Waals surface area contributed by atoms with Crippen LogP contribution < -0.4 is 5.73 Å². The Balaban J connectivity index is 2.02. The largest absolute Gasteiger partial charge is 0.398 e. The Bertz CT molecular complexity index is 634. The van der Waals surface area contributed by atoms with Gasteiger partial charge in [-0.3, -0.25) is 4.79 Å². The number of aromatic nitrogens is 1. The molecule has 0 saturated heterocycles. The predicted octanol–water partition coefficient (Wildman–Crippen LogP) is 2.44. The number of hydrogen-bond acceptors (Lipinski definition) is 3. The third kappa shape index (κ3) is 2.14. The average Bonchev–Trinajstić information content (AvgIpc) is 3.24. The van der Waals surface area contributed by atoms with Crippen LogP contribution in [0, 0.1) is 0 Å². The number of rotatable bonds is 3. The third-order valence-electron chi connectivity index (χ3n) is 3.56. The van der Waals surface area contributed by atoms with E-state index in [-0.39, 0.29) is 5.91 Å². The van der Waals surface area contributed by atoms with Crippen molar-refractivity contribution in [3.63, 3.8) is 0 Å². The summed E-state index contributed by atoms with van der Waals surface area (Å²) in [4.78, 5) is 18.8. The van der Waals surface area contributed by atoms with Crippen LogP contribution in [0.3, 0.4) is 0 Å². The Morgan fingerprint density at radius 3 is 2.84 bits per heavy atom. The molecule has 1 aliphatic rings. The molecule has 3 rings (SSSR count). The van der Waals surface area contributed by atoms with E-state index in [0.717, 1.165) is 30.3 Å². The van der Waals surface area contributed by atoms with Crippen molar-refractivity contribution in [1.82, 2.24) is 9.88 Å². The lowest BCUT2D eigenvalue weighted by atomic mass is 10.1. The summed E-state index contributed by atoms with van der Waals surface area (Å²) in [5, 5.41) is 0.897. The van der Waals surface area contributed by atoms with E-state index in [2.05, 4.69) is 4.98 Å². The van der Waals surface area contributed by atoms with E-state index in [1.807, 2.05) is 36.1 Å². The summed E-state index contributed by atoms with van der Waals surface area (Å²) in [5.74, 6) is -0.0116. The van der Waals surface area contributed by atoms with Gasteiger partial charge in [-0.1, -0.05) is 18.2 Å². The van der Waals surface area contributed by atoms with Crippen LogP contribution >= 0.6 is 0 Å². The lowest BCUT2D eigenvalue weighted by Gasteiger charge is -2.20. The standard InChI is InChI=1S/C15H17N3O/c1-2-18(10-7-8-10)15(19)14-9-12(16)11-5-3-4-6-13(11)17-14/h3-6,9-10H,2,7-8H2,1H3,(H2,16,17). The molecule has 1 amide bonds. The summed E-state index contributed by atoms with van der Waals surface area (Å²) in [6, 6.07) is 9.72. The van der Waals surface area contributed by atoms with Crippen LogP contribution in [0.4, 0.5) is 5.69 Å². The van der Waals surface area contributed by atoms with Gasteiger partial charge in [0.25, 0.3) is 5.91 Å². The number of amides is 1. The summed E-state index contributed by atoms with van der Waals surface area (Å²) < 4.78 is 0. The third-order valence-corrected chi connectivity index (χ3v) is 3.56. The smallest absolute Gasteiger partial charge is 0.272 e. The molecule has 0 atom stereocenters. The Labute approximate surface area is 112 Å². The molecular weight excluding hydrogens is 238 g/mol. The molecule has 0 radical (unpaired) electrons. The number of fused-ring (bicyclic) bond motifs is 1. The first kappa shape index (κ1) is 12.0. The second-order valence-electron chi connectivity index (χ2n) is 4.94. The number of benzene rings is 1. The summed E-state index contributed by atoms with van der Waals surface area (Å²) >= 11 is 0. The molecule has 1 aliphatic carbocycles. The first-order valence-electron chi connectivity index (χ1n) is 6.67. The maximum atomic E-state index is 12.5. The van der Waals surface area contributed by atoms with Crippen molar-refractivity contribution in [3.05, 3.63) is 36.0 Å². The summed E-state index contributed by atoms with van der Waals surface area (Å²) in [7, 11) is 0. The van der Waals surface area contributed by atoms with Gasteiger partial charge in [0.1, 0.15) is 5.69 Å². The van der Waals surface area contributed by atoms with Crippen LogP contribution in [0.25, 0.3) is 10.9 Å². The van der Waals surface area contributed by atoms with Crippen LogP contribution in [-0.4, -0.2) is 28.4 Å². The Hall–Kier alpha value is -2.10. The number of nitrogens with zero attached hydrogens (tertiary/aromatic N) is 2. The average molecular weight is 255 g/mol. The molecule has 1 aromatic carbocycles. The van der Waals surface area contributed by atoms with Crippen molar-refractivity contribution in [2.24, 2.45) is 0 Å². The highest BCUT2D eigenvalue weighted by atomic mass is 16.2. The van der Waals surface area contributed by atoms with Crippen molar-refractivity contribution >= 4 is 22.5 Å². The zero-order valence-corrected chi connectivity index (χ0v) is 11.0. The topological polar surface area (TPSA) is 59.2 Å². The van der Waals surface area contributed by atoms with Gasteiger partial charge in [0, 0.05) is 23.7 Å². The van der Waals surface area contributed by atoms with E-state index in [1.54, 1.807) is 6.07 Å². The molecular formula is C15H17N3O. The van der Waals surface area contributed by atoms with Crippen molar-refractivity contribution in [2.75, 3.05) is 12.3 Å². The van der Waals surface area contributed by atoms with E-state index in [1.165, 1.54) is 0 Å². The van der Waals surface area contributed by atoms with E-state index in [9.17, 15) is 4.79 Å². The number of anilines is 1. The van der Waals surface area contributed by atoms with Crippen LogP contribution in [0.2, 0.25) is 0 Å². The van der Waals surface area contributed by atoms with Crippen molar-refractivity contribution in [3.8, 4) is 0 Å². The van der Waals surface area contributed by atoms with Gasteiger partial charge >= 0.3 is 0 Å². The number of pyridine rings is 1. The number of nitrogens with two attached hydrogens (primary N) is 1. The number of carbonyl (C=O) groups is 1. The van der Waals surface area contributed by atoms with E-state index in [4.69, 9.17) is 5.73 Å². The molecule has 1 fully saturated rings.